The topological polar surface area (TPSA) is 78.1 Å². The average molecular weight is 471 g/mol. The van der Waals surface area contributed by atoms with Gasteiger partial charge in [0.1, 0.15) is 5.76 Å². The summed E-state index contributed by atoms with van der Waals surface area (Å²) in [6.07, 6.45) is 2.35. The second-order valence-corrected chi connectivity index (χ2v) is 9.19. The van der Waals surface area contributed by atoms with Crippen molar-refractivity contribution >= 4 is 23.2 Å². The van der Waals surface area contributed by atoms with Gasteiger partial charge in [0.15, 0.2) is 5.76 Å². The van der Waals surface area contributed by atoms with E-state index in [1.807, 2.05) is 55.1 Å². The molecule has 5 rings (SSSR count). The molecule has 0 radical (unpaired) electrons. The number of nitrogens with zero attached hydrogens (tertiary/aromatic N) is 3. The molecule has 0 spiro atoms. The van der Waals surface area contributed by atoms with Gasteiger partial charge in [-0.15, -0.1) is 0 Å². The molecule has 1 aliphatic carbocycles. The molecule has 2 aliphatic rings. The summed E-state index contributed by atoms with van der Waals surface area (Å²) in [4.78, 5) is 30.1. The van der Waals surface area contributed by atoms with Gasteiger partial charge in [-0.05, 0) is 51.0 Å². The van der Waals surface area contributed by atoms with Crippen molar-refractivity contribution in [1.29, 1.82) is 0 Å². The summed E-state index contributed by atoms with van der Waals surface area (Å²) in [5.74, 6) is 0.848. The third-order valence-electron chi connectivity index (χ3n) is 6.78. The van der Waals surface area contributed by atoms with Crippen molar-refractivity contribution in [2.75, 3.05) is 31.1 Å². The first-order chi connectivity index (χ1) is 17.0. The predicted molar refractivity (Wildman–Crippen MR) is 136 cm³/mol. The summed E-state index contributed by atoms with van der Waals surface area (Å²) in [5, 5.41) is 4.45. The van der Waals surface area contributed by atoms with Crippen molar-refractivity contribution in [3.63, 3.8) is 0 Å². The predicted octanol–water partition coefficient (Wildman–Crippen LogP) is 4.33. The first-order valence-electron chi connectivity index (χ1n) is 12.2. The Morgan fingerprint density at radius 2 is 1.71 bits per heavy atom. The number of furan rings is 1. The van der Waals surface area contributed by atoms with Crippen molar-refractivity contribution in [3.8, 4) is 0 Å². The molecule has 0 unspecified atom stereocenters. The van der Waals surface area contributed by atoms with Crippen molar-refractivity contribution in [2.45, 2.75) is 33.1 Å². The van der Waals surface area contributed by atoms with E-state index in [9.17, 15) is 9.59 Å². The van der Waals surface area contributed by atoms with E-state index < -0.39 is 0 Å². The van der Waals surface area contributed by atoms with Crippen LogP contribution in [0, 0.1) is 13.8 Å². The van der Waals surface area contributed by atoms with E-state index in [1.54, 1.807) is 6.07 Å². The first-order valence-corrected chi connectivity index (χ1v) is 12.2. The second kappa shape index (κ2) is 9.78. The molecule has 3 aromatic rings. The maximum absolute atomic E-state index is 13.4. The molecule has 1 saturated heterocycles. The van der Waals surface area contributed by atoms with Crippen LogP contribution in [0.25, 0.3) is 0 Å². The van der Waals surface area contributed by atoms with Crippen LogP contribution >= 0.6 is 0 Å². The monoisotopic (exact) mass is 470 g/mol. The molecule has 1 aromatic heterocycles. The number of nitrogens with one attached hydrogen (secondary N) is 1. The van der Waals surface area contributed by atoms with Crippen LogP contribution in [0.4, 0.5) is 5.69 Å². The first kappa shape index (κ1) is 22.9. The Bertz CT molecular complexity index is 1270. The van der Waals surface area contributed by atoms with Gasteiger partial charge in [0, 0.05) is 55.0 Å². The number of aryl methyl sites for hydroxylation is 2. The van der Waals surface area contributed by atoms with Crippen LogP contribution in [0.5, 0.6) is 0 Å². The number of hydrogen-bond acceptors (Lipinski definition) is 5. The summed E-state index contributed by atoms with van der Waals surface area (Å²) >= 11 is 0. The molecule has 1 N–H and O–H groups in total. The normalized spacial score (nSPS) is 16.8. The molecule has 0 bridgehead atoms. The number of piperazine rings is 1. The Hall–Kier alpha value is -3.87. The Morgan fingerprint density at radius 3 is 2.46 bits per heavy atom. The summed E-state index contributed by atoms with van der Waals surface area (Å²) < 4.78 is 6.10. The van der Waals surface area contributed by atoms with Crippen LogP contribution in [-0.4, -0.2) is 48.6 Å². The molecule has 180 valence electrons. The summed E-state index contributed by atoms with van der Waals surface area (Å²) in [6, 6.07) is 17.7. The molecule has 0 atom stereocenters. The quantitative estimate of drug-likeness (QED) is 0.576. The van der Waals surface area contributed by atoms with Crippen LogP contribution in [0.15, 0.2) is 64.1 Å². The summed E-state index contributed by atoms with van der Waals surface area (Å²) in [6.45, 7) is 6.72. The number of rotatable bonds is 4. The molecule has 1 aliphatic heterocycles. The van der Waals surface area contributed by atoms with E-state index >= 15 is 0 Å². The summed E-state index contributed by atoms with van der Waals surface area (Å²) in [5.41, 5.74) is 7.90. The number of hydrogen-bond donors (Lipinski definition) is 1. The lowest BCUT2D eigenvalue weighted by molar-refractivity contribution is 0.0711. The standard InChI is InChI=1S/C28H30N4O3/c1-19-8-6-9-21(18-19)27(33)30-29-23-12-7-13-24-25(23)20(2)26(35-24)28(34)32-16-14-31(15-17-32)22-10-4-3-5-11-22/h3-6,8-11,18H,7,12-17H2,1-2H3,(H,30,33)/b29-23+. The van der Waals surface area contributed by atoms with Crippen molar-refractivity contribution in [2.24, 2.45) is 5.10 Å². The fourth-order valence-electron chi connectivity index (χ4n) is 4.90. The minimum atomic E-state index is -0.248. The molecule has 35 heavy (non-hydrogen) atoms. The van der Waals surface area contributed by atoms with Gasteiger partial charge < -0.3 is 14.2 Å². The van der Waals surface area contributed by atoms with E-state index in [-0.39, 0.29) is 11.8 Å². The number of carbonyl (C=O) groups is 2. The summed E-state index contributed by atoms with van der Waals surface area (Å²) in [7, 11) is 0. The highest BCUT2D eigenvalue weighted by molar-refractivity contribution is 6.07. The number of fused-ring (bicyclic) bond motifs is 1. The van der Waals surface area contributed by atoms with E-state index in [4.69, 9.17) is 4.42 Å². The Labute approximate surface area is 205 Å². The van der Waals surface area contributed by atoms with Gasteiger partial charge in [-0.1, -0.05) is 35.9 Å². The molecule has 7 nitrogen and oxygen atoms in total. The number of carbonyl (C=O) groups excluding carboxylic acids is 2. The van der Waals surface area contributed by atoms with E-state index in [2.05, 4.69) is 27.6 Å². The highest BCUT2D eigenvalue weighted by Crippen LogP contribution is 2.31. The van der Waals surface area contributed by atoms with Crippen LogP contribution in [-0.2, 0) is 6.42 Å². The van der Waals surface area contributed by atoms with Gasteiger partial charge in [-0.2, -0.15) is 5.10 Å². The van der Waals surface area contributed by atoms with E-state index in [1.165, 1.54) is 5.69 Å². The Kier molecular flexibility index (Phi) is 6.40. The van der Waals surface area contributed by atoms with Gasteiger partial charge in [0.2, 0.25) is 0 Å². The van der Waals surface area contributed by atoms with E-state index in [0.717, 1.165) is 60.5 Å². The Morgan fingerprint density at radius 1 is 0.943 bits per heavy atom. The SMILES string of the molecule is Cc1cccc(C(=O)N/N=C2\CCCc3oc(C(=O)N4CCN(c5ccccc5)CC4)c(C)c32)c1. The molecule has 0 saturated carbocycles. The third kappa shape index (κ3) is 4.71. The number of benzene rings is 2. The minimum absolute atomic E-state index is 0.0761. The van der Waals surface area contributed by atoms with Gasteiger partial charge in [0.05, 0.1) is 5.71 Å². The molecule has 2 amide bonds. The third-order valence-corrected chi connectivity index (χ3v) is 6.78. The molecule has 7 heteroatoms. The number of anilines is 1. The maximum Gasteiger partial charge on any atom is 0.289 e. The fraction of sp³-hybridized carbons (Fsp3) is 0.321. The maximum atomic E-state index is 13.4. The van der Waals surface area contributed by atoms with Crippen LogP contribution in [0.2, 0.25) is 0 Å². The molecular formula is C28H30N4O3. The highest BCUT2D eigenvalue weighted by Gasteiger charge is 2.31. The number of hydrazone groups is 1. The lowest BCUT2D eigenvalue weighted by Crippen LogP contribution is -2.48. The second-order valence-electron chi connectivity index (χ2n) is 9.19. The van der Waals surface area contributed by atoms with Crippen LogP contribution in [0.1, 0.15) is 56.2 Å². The van der Waals surface area contributed by atoms with Crippen molar-refractivity contribution in [3.05, 3.63) is 88.4 Å². The lowest BCUT2D eigenvalue weighted by Gasteiger charge is -2.35. The van der Waals surface area contributed by atoms with E-state index in [0.29, 0.717) is 24.4 Å². The average Bonchev–Trinajstić information content (AvgIpc) is 3.24. The minimum Gasteiger partial charge on any atom is -0.455 e. The van der Waals surface area contributed by atoms with Gasteiger partial charge >= 0.3 is 0 Å². The molecule has 1 fully saturated rings. The Balaban J connectivity index is 1.31. The zero-order valence-electron chi connectivity index (χ0n) is 20.2. The van der Waals surface area contributed by atoms with Gasteiger partial charge in [-0.25, -0.2) is 5.43 Å². The molecule has 2 heterocycles. The number of amides is 2. The van der Waals surface area contributed by atoms with Crippen LogP contribution < -0.4 is 10.3 Å². The molecular weight excluding hydrogens is 440 g/mol. The zero-order valence-corrected chi connectivity index (χ0v) is 20.2. The molecule has 2 aromatic carbocycles. The van der Waals surface area contributed by atoms with Gasteiger partial charge in [0.25, 0.3) is 11.8 Å². The van der Waals surface area contributed by atoms with Crippen molar-refractivity contribution in [1.82, 2.24) is 10.3 Å². The van der Waals surface area contributed by atoms with Crippen LogP contribution in [0.3, 0.4) is 0 Å². The number of para-hydroxylation sites is 1. The smallest absolute Gasteiger partial charge is 0.289 e. The largest absolute Gasteiger partial charge is 0.455 e. The fourth-order valence-corrected chi connectivity index (χ4v) is 4.90. The van der Waals surface area contributed by atoms with Crippen molar-refractivity contribution < 1.29 is 14.0 Å². The van der Waals surface area contributed by atoms with Gasteiger partial charge in [-0.3, -0.25) is 9.59 Å². The lowest BCUT2D eigenvalue weighted by atomic mass is 9.93. The zero-order chi connectivity index (χ0) is 24.4. The highest BCUT2D eigenvalue weighted by atomic mass is 16.4.